The topological polar surface area (TPSA) is 62.5 Å². The van der Waals surface area contributed by atoms with Crippen molar-refractivity contribution < 1.29 is 14.3 Å². The molecule has 4 nitrogen and oxygen atoms in total. The molecule has 0 fully saturated rings. The Morgan fingerprint density at radius 1 is 1.40 bits per heavy atom. The predicted octanol–water partition coefficient (Wildman–Crippen LogP) is 2.94. The van der Waals surface area contributed by atoms with E-state index in [0.717, 1.165) is 28.5 Å². The van der Waals surface area contributed by atoms with Gasteiger partial charge in [0.1, 0.15) is 5.58 Å². The summed E-state index contributed by atoms with van der Waals surface area (Å²) in [6.07, 6.45) is 1.34. The van der Waals surface area contributed by atoms with Crippen molar-refractivity contribution in [3.8, 4) is 0 Å². The van der Waals surface area contributed by atoms with Gasteiger partial charge >= 0.3 is 0 Å². The molecule has 2 rings (SSSR count). The first kappa shape index (κ1) is 14.6. The fourth-order valence-corrected chi connectivity index (χ4v) is 2.39. The Morgan fingerprint density at radius 3 is 2.75 bits per heavy atom. The molecule has 1 aromatic carbocycles. The van der Waals surface area contributed by atoms with E-state index in [1.54, 1.807) is 0 Å². The predicted molar refractivity (Wildman–Crippen MR) is 78.9 cm³/mol. The molecule has 108 valence electrons. The van der Waals surface area contributed by atoms with Crippen LogP contribution < -0.4 is 5.32 Å². The molecule has 20 heavy (non-hydrogen) atoms. The van der Waals surface area contributed by atoms with Crippen LogP contribution in [0.25, 0.3) is 11.0 Å². The zero-order valence-corrected chi connectivity index (χ0v) is 12.2. The molecule has 0 aliphatic carbocycles. The van der Waals surface area contributed by atoms with Gasteiger partial charge in [-0.15, -0.1) is 0 Å². The average Bonchev–Trinajstić information content (AvgIpc) is 2.77. The van der Waals surface area contributed by atoms with E-state index in [1.165, 1.54) is 0 Å². The van der Waals surface area contributed by atoms with Crippen LogP contribution in [0.2, 0.25) is 0 Å². The van der Waals surface area contributed by atoms with Gasteiger partial charge in [-0.25, -0.2) is 0 Å². The maximum absolute atomic E-state index is 12.3. The van der Waals surface area contributed by atoms with Crippen molar-refractivity contribution >= 4 is 16.9 Å². The molecule has 0 aliphatic rings. The number of para-hydroxylation sites is 1. The molecule has 1 aromatic heterocycles. The van der Waals surface area contributed by atoms with Crippen LogP contribution in [-0.2, 0) is 0 Å². The number of aliphatic hydroxyl groups excluding tert-OH is 1. The lowest BCUT2D eigenvalue weighted by Crippen LogP contribution is -2.35. The summed E-state index contributed by atoms with van der Waals surface area (Å²) in [7, 11) is 0. The van der Waals surface area contributed by atoms with E-state index in [1.807, 2.05) is 39.0 Å². The molecule has 2 N–H and O–H groups in total. The van der Waals surface area contributed by atoms with E-state index < -0.39 is 0 Å². The lowest BCUT2D eigenvalue weighted by Gasteiger charge is -2.14. The third-order valence-corrected chi connectivity index (χ3v) is 3.67. The molecular formula is C16H21NO3. The van der Waals surface area contributed by atoms with E-state index in [0.29, 0.717) is 12.2 Å². The van der Waals surface area contributed by atoms with Crippen molar-refractivity contribution in [3.05, 3.63) is 35.1 Å². The van der Waals surface area contributed by atoms with Crippen LogP contribution in [0.4, 0.5) is 0 Å². The number of carbonyl (C=O) groups excluding carboxylic acids is 1. The SMILES string of the molecule is CCC(CCO)NC(=O)c1oc2c(C)cccc2c1C. The minimum Gasteiger partial charge on any atom is -0.450 e. The molecule has 1 amide bonds. The second-order valence-electron chi connectivity index (χ2n) is 5.10. The Hall–Kier alpha value is -1.81. The minimum atomic E-state index is -0.210. The maximum atomic E-state index is 12.3. The van der Waals surface area contributed by atoms with Gasteiger partial charge in [-0.2, -0.15) is 0 Å². The highest BCUT2D eigenvalue weighted by atomic mass is 16.3. The van der Waals surface area contributed by atoms with Crippen LogP contribution in [0.15, 0.2) is 22.6 Å². The normalized spacial score (nSPS) is 12.6. The lowest BCUT2D eigenvalue weighted by atomic mass is 10.1. The molecule has 1 unspecified atom stereocenters. The van der Waals surface area contributed by atoms with Gasteiger partial charge in [0.05, 0.1) is 0 Å². The van der Waals surface area contributed by atoms with Gasteiger partial charge in [0, 0.05) is 23.6 Å². The molecule has 4 heteroatoms. The number of hydrogen-bond donors (Lipinski definition) is 2. The Morgan fingerprint density at radius 2 is 2.15 bits per heavy atom. The number of aliphatic hydroxyl groups is 1. The second kappa shape index (κ2) is 6.09. The Labute approximate surface area is 118 Å². The van der Waals surface area contributed by atoms with Crippen molar-refractivity contribution in [3.63, 3.8) is 0 Å². The third-order valence-electron chi connectivity index (χ3n) is 3.67. The highest BCUT2D eigenvalue weighted by molar-refractivity contribution is 5.99. The molecular weight excluding hydrogens is 254 g/mol. The molecule has 0 bridgehead atoms. The molecule has 0 radical (unpaired) electrons. The molecule has 0 saturated heterocycles. The maximum Gasteiger partial charge on any atom is 0.287 e. The number of amides is 1. The van der Waals surface area contributed by atoms with Gasteiger partial charge in [0.25, 0.3) is 5.91 Å². The van der Waals surface area contributed by atoms with Gasteiger partial charge in [-0.05, 0) is 32.3 Å². The van der Waals surface area contributed by atoms with Crippen molar-refractivity contribution in [2.45, 2.75) is 39.7 Å². The van der Waals surface area contributed by atoms with Crippen LogP contribution >= 0.6 is 0 Å². The molecule has 1 atom stereocenters. The third kappa shape index (κ3) is 2.70. The number of rotatable bonds is 5. The Kier molecular flexibility index (Phi) is 4.45. The number of benzene rings is 1. The Balaban J connectivity index is 2.31. The Bertz CT molecular complexity index is 615. The van der Waals surface area contributed by atoms with Crippen LogP contribution in [0.3, 0.4) is 0 Å². The summed E-state index contributed by atoms with van der Waals surface area (Å²) in [5, 5.41) is 12.9. The highest BCUT2D eigenvalue weighted by Gasteiger charge is 2.20. The van der Waals surface area contributed by atoms with E-state index in [-0.39, 0.29) is 18.6 Å². The standard InChI is InChI=1S/C16H21NO3/c1-4-12(8-9-18)17-16(19)15-11(3)13-7-5-6-10(2)14(13)20-15/h5-7,12,18H,4,8-9H2,1-3H3,(H,17,19). The van der Waals surface area contributed by atoms with Crippen molar-refractivity contribution in [2.24, 2.45) is 0 Å². The summed E-state index contributed by atoms with van der Waals surface area (Å²) in [6.45, 7) is 5.91. The number of hydrogen-bond acceptors (Lipinski definition) is 3. The number of carbonyl (C=O) groups is 1. The number of furan rings is 1. The van der Waals surface area contributed by atoms with E-state index in [9.17, 15) is 4.79 Å². The van der Waals surface area contributed by atoms with Gasteiger partial charge in [-0.1, -0.05) is 25.1 Å². The van der Waals surface area contributed by atoms with Crippen LogP contribution in [0, 0.1) is 13.8 Å². The average molecular weight is 275 g/mol. The smallest absolute Gasteiger partial charge is 0.287 e. The highest BCUT2D eigenvalue weighted by Crippen LogP contribution is 2.27. The lowest BCUT2D eigenvalue weighted by molar-refractivity contribution is 0.0902. The van der Waals surface area contributed by atoms with Crippen LogP contribution in [0.1, 0.15) is 41.4 Å². The number of aryl methyl sites for hydroxylation is 2. The van der Waals surface area contributed by atoms with Crippen LogP contribution in [0.5, 0.6) is 0 Å². The molecule has 0 spiro atoms. The largest absolute Gasteiger partial charge is 0.450 e. The molecule has 1 heterocycles. The zero-order valence-electron chi connectivity index (χ0n) is 12.2. The summed E-state index contributed by atoms with van der Waals surface area (Å²) in [6, 6.07) is 5.86. The van der Waals surface area contributed by atoms with E-state index in [2.05, 4.69) is 5.32 Å². The summed E-state index contributed by atoms with van der Waals surface area (Å²) >= 11 is 0. The van der Waals surface area contributed by atoms with Gasteiger partial charge in [0.2, 0.25) is 0 Å². The summed E-state index contributed by atoms with van der Waals surface area (Å²) < 4.78 is 5.74. The number of fused-ring (bicyclic) bond motifs is 1. The monoisotopic (exact) mass is 275 g/mol. The first-order valence-electron chi connectivity index (χ1n) is 6.98. The fourth-order valence-electron chi connectivity index (χ4n) is 2.39. The molecule has 0 saturated carbocycles. The first-order valence-corrected chi connectivity index (χ1v) is 6.98. The van der Waals surface area contributed by atoms with Crippen molar-refractivity contribution in [2.75, 3.05) is 6.61 Å². The minimum absolute atomic E-state index is 0.0267. The molecule has 0 aliphatic heterocycles. The first-order chi connectivity index (χ1) is 9.58. The van der Waals surface area contributed by atoms with Crippen molar-refractivity contribution in [1.29, 1.82) is 0 Å². The summed E-state index contributed by atoms with van der Waals surface area (Å²) in [4.78, 5) is 12.3. The summed E-state index contributed by atoms with van der Waals surface area (Å²) in [5.74, 6) is 0.157. The van der Waals surface area contributed by atoms with Gasteiger partial charge in [0.15, 0.2) is 5.76 Å². The number of nitrogens with one attached hydrogen (secondary N) is 1. The van der Waals surface area contributed by atoms with Crippen LogP contribution in [-0.4, -0.2) is 23.7 Å². The van der Waals surface area contributed by atoms with E-state index in [4.69, 9.17) is 9.52 Å². The second-order valence-corrected chi connectivity index (χ2v) is 5.10. The quantitative estimate of drug-likeness (QED) is 0.882. The van der Waals surface area contributed by atoms with Gasteiger partial charge < -0.3 is 14.8 Å². The van der Waals surface area contributed by atoms with Gasteiger partial charge in [-0.3, -0.25) is 4.79 Å². The van der Waals surface area contributed by atoms with E-state index >= 15 is 0 Å². The zero-order chi connectivity index (χ0) is 14.7. The fraction of sp³-hybridized carbons (Fsp3) is 0.438. The molecule has 2 aromatic rings. The van der Waals surface area contributed by atoms with Crippen molar-refractivity contribution in [1.82, 2.24) is 5.32 Å². The summed E-state index contributed by atoms with van der Waals surface area (Å²) in [5.41, 5.74) is 2.65.